The van der Waals surface area contributed by atoms with Crippen molar-refractivity contribution in [3.05, 3.63) is 0 Å². The molecule has 2 atom stereocenters. The maximum absolute atomic E-state index is 12.0. The van der Waals surface area contributed by atoms with Crippen molar-refractivity contribution >= 4 is 0 Å². The summed E-state index contributed by atoms with van der Waals surface area (Å²) in [6.07, 6.45) is -1.09. The topological polar surface area (TPSA) is 20.2 Å². The minimum Gasteiger partial charge on any atom is -0.389 e. The fourth-order valence-electron chi connectivity index (χ4n) is 2.93. The van der Waals surface area contributed by atoms with E-state index in [1.54, 1.807) is 0 Å². The summed E-state index contributed by atoms with van der Waals surface area (Å²) in [6.45, 7) is 0. The molecule has 2 saturated carbocycles. The Morgan fingerprint density at radius 2 is 1.64 bits per heavy atom. The van der Waals surface area contributed by atoms with Gasteiger partial charge in [0.2, 0.25) is 0 Å². The second kappa shape index (κ2) is 3.12. The van der Waals surface area contributed by atoms with E-state index in [4.69, 9.17) is 0 Å². The molecule has 0 aromatic carbocycles. The fraction of sp³-hybridized carbons (Fsp3) is 1.00. The van der Waals surface area contributed by atoms with Gasteiger partial charge in [0.1, 0.15) is 0 Å². The lowest BCUT2D eigenvalue weighted by atomic mass is 10.0. The molecule has 14 heavy (non-hydrogen) atoms. The van der Waals surface area contributed by atoms with Crippen LogP contribution in [0.15, 0.2) is 0 Å². The highest BCUT2D eigenvalue weighted by Crippen LogP contribution is 2.61. The molecule has 0 radical (unpaired) electrons. The summed E-state index contributed by atoms with van der Waals surface area (Å²) < 4.78 is 35.9. The lowest BCUT2D eigenvalue weighted by molar-refractivity contribution is -0.142. The summed E-state index contributed by atoms with van der Waals surface area (Å²) in [5.74, 6) is 0.331. The predicted octanol–water partition coefficient (Wildman–Crippen LogP) is 2.88. The van der Waals surface area contributed by atoms with E-state index in [-0.39, 0.29) is 18.3 Å². The van der Waals surface area contributed by atoms with Gasteiger partial charge in [-0.05, 0) is 31.1 Å². The van der Waals surface area contributed by atoms with Crippen LogP contribution in [-0.4, -0.2) is 16.9 Å². The van der Waals surface area contributed by atoms with E-state index < -0.39 is 18.2 Å². The van der Waals surface area contributed by atoms with Crippen molar-refractivity contribution in [2.24, 2.45) is 11.8 Å². The molecule has 82 valence electrons. The number of fused-ring (bicyclic) bond motifs is 1. The maximum atomic E-state index is 12.0. The first-order valence-electron chi connectivity index (χ1n) is 5.22. The number of rotatable bonds is 2. The molecule has 0 amide bonds. The minimum atomic E-state index is -4.12. The zero-order valence-electron chi connectivity index (χ0n) is 7.98. The minimum absolute atomic E-state index is 0.0914. The number of alkyl halides is 3. The Hall–Kier alpha value is -0.250. The van der Waals surface area contributed by atoms with Crippen molar-refractivity contribution in [1.29, 1.82) is 0 Å². The third-order valence-corrected chi connectivity index (χ3v) is 3.75. The number of hydrogen-bond acceptors (Lipinski definition) is 1. The maximum Gasteiger partial charge on any atom is 0.389 e. The molecule has 2 fully saturated rings. The molecular weight excluding hydrogens is 193 g/mol. The fourth-order valence-corrected chi connectivity index (χ4v) is 2.93. The largest absolute Gasteiger partial charge is 0.389 e. The summed E-state index contributed by atoms with van der Waals surface area (Å²) in [5, 5.41) is 9.95. The molecule has 1 N–H and O–H groups in total. The molecule has 0 aromatic heterocycles. The van der Waals surface area contributed by atoms with E-state index >= 15 is 0 Å². The van der Waals surface area contributed by atoms with E-state index in [0.717, 1.165) is 25.7 Å². The smallest absolute Gasteiger partial charge is 0.389 e. The summed E-state index contributed by atoms with van der Waals surface area (Å²) >= 11 is 0. The molecule has 2 aliphatic rings. The second-order valence-corrected chi connectivity index (χ2v) is 4.60. The lowest BCUT2D eigenvalue weighted by Crippen LogP contribution is -2.18. The van der Waals surface area contributed by atoms with E-state index in [1.807, 2.05) is 0 Å². The van der Waals surface area contributed by atoms with Crippen LogP contribution < -0.4 is 0 Å². The van der Waals surface area contributed by atoms with Crippen LogP contribution in [0.4, 0.5) is 13.2 Å². The molecule has 4 heteroatoms. The van der Waals surface area contributed by atoms with Gasteiger partial charge in [0.25, 0.3) is 0 Å². The molecule has 0 heterocycles. The molecule has 0 bridgehead atoms. The molecule has 2 aliphatic carbocycles. The highest BCUT2D eigenvalue weighted by atomic mass is 19.4. The second-order valence-electron chi connectivity index (χ2n) is 4.60. The van der Waals surface area contributed by atoms with Crippen LogP contribution in [-0.2, 0) is 0 Å². The van der Waals surface area contributed by atoms with Crippen molar-refractivity contribution in [1.82, 2.24) is 0 Å². The summed E-state index contributed by atoms with van der Waals surface area (Å²) in [7, 11) is 0. The Labute approximate surface area is 81.3 Å². The van der Waals surface area contributed by atoms with Crippen LogP contribution in [0.2, 0.25) is 0 Å². The number of halogens is 3. The van der Waals surface area contributed by atoms with Crippen molar-refractivity contribution in [2.75, 3.05) is 0 Å². The van der Waals surface area contributed by atoms with Crippen LogP contribution in [0.3, 0.4) is 0 Å². The van der Waals surface area contributed by atoms with E-state index in [9.17, 15) is 18.3 Å². The molecule has 0 aromatic rings. The molecule has 2 unspecified atom stereocenters. The highest BCUT2D eigenvalue weighted by molar-refractivity contribution is 5.13. The third-order valence-electron chi connectivity index (χ3n) is 3.75. The number of hydrogen-bond donors (Lipinski definition) is 1. The lowest BCUT2D eigenvalue weighted by Gasteiger charge is -2.12. The van der Waals surface area contributed by atoms with Gasteiger partial charge in [-0.25, -0.2) is 0 Å². The Balaban J connectivity index is 1.86. The van der Waals surface area contributed by atoms with Crippen LogP contribution in [0.25, 0.3) is 0 Å². The monoisotopic (exact) mass is 208 g/mol. The first-order chi connectivity index (χ1) is 6.43. The van der Waals surface area contributed by atoms with Gasteiger partial charge in [0, 0.05) is 6.42 Å². The van der Waals surface area contributed by atoms with Crippen LogP contribution in [0.5, 0.6) is 0 Å². The molecule has 0 spiro atoms. The quantitative estimate of drug-likeness (QED) is 0.739. The van der Waals surface area contributed by atoms with Gasteiger partial charge in [-0.15, -0.1) is 0 Å². The Morgan fingerprint density at radius 3 is 2.07 bits per heavy atom. The summed E-state index contributed by atoms with van der Waals surface area (Å²) in [6, 6.07) is 0. The van der Waals surface area contributed by atoms with Gasteiger partial charge in [-0.3, -0.25) is 0 Å². The van der Waals surface area contributed by atoms with Crippen molar-refractivity contribution in [2.45, 2.75) is 50.3 Å². The van der Waals surface area contributed by atoms with Gasteiger partial charge in [0.05, 0.1) is 5.60 Å². The Bertz CT molecular complexity index is 212. The van der Waals surface area contributed by atoms with E-state index in [0.29, 0.717) is 0 Å². The highest BCUT2D eigenvalue weighted by Gasteiger charge is 2.63. The average Bonchev–Trinajstić information content (AvgIpc) is 2.71. The third kappa shape index (κ3) is 1.76. The Morgan fingerprint density at radius 1 is 1.14 bits per heavy atom. The summed E-state index contributed by atoms with van der Waals surface area (Å²) in [4.78, 5) is 0. The zero-order chi connectivity index (χ0) is 10.4. The summed E-state index contributed by atoms with van der Waals surface area (Å²) in [5.41, 5.74) is -0.966. The van der Waals surface area contributed by atoms with E-state index in [1.165, 1.54) is 0 Å². The number of aliphatic hydroxyl groups is 1. The van der Waals surface area contributed by atoms with E-state index in [2.05, 4.69) is 0 Å². The molecular formula is C10H15F3O. The molecule has 1 nitrogen and oxygen atoms in total. The average molecular weight is 208 g/mol. The predicted molar refractivity (Wildman–Crippen MR) is 45.7 cm³/mol. The SMILES string of the molecule is OC1(CCC(F)(F)F)C2CCCCC21. The van der Waals surface area contributed by atoms with Crippen LogP contribution in [0, 0.1) is 11.8 Å². The van der Waals surface area contributed by atoms with Crippen molar-refractivity contribution in [3.8, 4) is 0 Å². The molecule has 0 saturated heterocycles. The van der Waals surface area contributed by atoms with Crippen LogP contribution >= 0.6 is 0 Å². The van der Waals surface area contributed by atoms with Crippen LogP contribution in [0.1, 0.15) is 38.5 Å². The van der Waals surface area contributed by atoms with Crippen molar-refractivity contribution < 1.29 is 18.3 Å². The first kappa shape index (κ1) is 10.3. The van der Waals surface area contributed by atoms with Gasteiger partial charge in [-0.1, -0.05) is 12.8 Å². The molecule has 0 aliphatic heterocycles. The van der Waals surface area contributed by atoms with Crippen molar-refractivity contribution in [3.63, 3.8) is 0 Å². The zero-order valence-corrected chi connectivity index (χ0v) is 7.98. The standard InChI is InChI=1S/C10H15F3O/c11-10(12,13)6-5-9(14)7-3-1-2-4-8(7)9/h7-8,14H,1-6H2. The molecule has 2 rings (SSSR count). The van der Waals surface area contributed by atoms with Gasteiger partial charge in [-0.2, -0.15) is 13.2 Å². The normalized spacial score (nSPS) is 42.0. The Kier molecular flexibility index (Phi) is 2.29. The first-order valence-corrected chi connectivity index (χ1v) is 5.22. The van der Waals surface area contributed by atoms with Gasteiger partial charge < -0.3 is 5.11 Å². The van der Waals surface area contributed by atoms with Gasteiger partial charge in [0.15, 0.2) is 0 Å². The van der Waals surface area contributed by atoms with Gasteiger partial charge >= 0.3 is 6.18 Å².